The molecule has 0 saturated heterocycles. The van der Waals surface area contributed by atoms with Crippen LogP contribution in [-0.2, 0) is 18.3 Å². The average Bonchev–Trinajstić information content (AvgIpc) is 2.81. The van der Waals surface area contributed by atoms with Gasteiger partial charge in [0.2, 0.25) is 5.91 Å². The summed E-state index contributed by atoms with van der Waals surface area (Å²) in [4.78, 5) is 16.2. The van der Waals surface area contributed by atoms with E-state index in [1.165, 1.54) is 0 Å². The second kappa shape index (κ2) is 7.78. The first-order valence-corrected chi connectivity index (χ1v) is 7.54. The first-order valence-electron chi connectivity index (χ1n) is 7.54. The van der Waals surface area contributed by atoms with Gasteiger partial charge in [0.15, 0.2) is 0 Å². The molecule has 2 rings (SSSR count). The number of hydrogen-bond acceptors (Lipinski definition) is 3. The highest BCUT2D eigenvalue weighted by molar-refractivity contribution is 5.76. The molecular formula is C16H24N4O. The number of imidazole rings is 1. The molecule has 0 radical (unpaired) electrons. The number of amides is 1. The summed E-state index contributed by atoms with van der Waals surface area (Å²) in [5, 5.41) is 6.00. The minimum atomic E-state index is 0.134. The fourth-order valence-corrected chi connectivity index (χ4v) is 2.41. The summed E-state index contributed by atoms with van der Waals surface area (Å²) in [6, 6.07) is 8.14. The Labute approximate surface area is 125 Å². The van der Waals surface area contributed by atoms with Crippen molar-refractivity contribution < 1.29 is 4.79 Å². The van der Waals surface area contributed by atoms with E-state index in [0.29, 0.717) is 13.0 Å². The molecule has 1 aromatic heterocycles. The second-order valence-corrected chi connectivity index (χ2v) is 5.24. The van der Waals surface area contributed by atoms with Crippen molar-refractivity contribution in [3.05, 3.63) is 30.1 Å². The fourth-order valence-electron chi connectivity index (χ4n) is 2.41. The van der Waals surface area contributed by atoms with E-state index in [-0.39, 0.29) is 5.91 Å². The van der Waals surface area contributed by atoms with Crippen molar-refractivity contribution >= 4 is 16.9 Å². The van der Waals surface area contributed by atoms with Gasteiger partial charge in [-0.15, -0.1) is 0 Å². The van der Waals surface area contributed by atoms with Crippen LogP contribution in [-0.4, -0.2) is 35.6 Å². The number of hydrogen-bond donors (Lipinski definition) is 2. The van der Waals surface area contributed by atoms with Crippen LogP contribution in [0.2, 0.25) is 0 Å². The van der Waals surface area contributed by atoms with Crippen molar-refractivity contribution in [2.45, 2.75) is 25.7 Å². The zero-order valence-corrected chi connectivity index (χ0v) is 12.9. The van der Waals surface area contributed by atoms with Crippen molar-refractivity contribution in [2.24, 2.45) is 7.05 Å². The van der Waals surface area contributed by atoms with Crippen LogP contribution in [0.3, 0.4) is 0 Å². The highest BCUT2D eigenvalue weighted by Crippen LogP contribution is 2.14. The van der Waals surface area contributed by atoms with Crippen LogP contribution in [0.15, 0.2) is 24.3 Å². The third kappa shape index (κ3) is 4.29. The maximum atomic E-state index is 11.6. The van der Waals surface area contributed by atoms with Crippen LogP contribution < -0.4 is 10.6 Å². The fraction of sp³-hybridized carbons (Fsp3) is 0.500. The highest BCUT2D eigenvalue weighted by atomic mass is 16.1. The number of aromatic nitrogens is 2. The van der Waals surface area contributed by atoms with Gasteiger partial charge < -0.3 is 15.2 Å². The quantitative estimate of drug-likeness (QED) is 0.726. The van der Waals surface area contributed by atoms with Gasteiger partial charge >= 0.3 is 0 Å². The Bertz CT molecular complexity index is 591. The molecule has 2 aromatic rings. The predicted molar refractivity (Wildman–Crippen MR) is 85.2 cm³/mol. The summed E-state index contributed by atoms with van der Waals surface area (Å²) >= 11 is 0. The van der Waals surface area contributed by atoms with Gasteiger partial charge in [0, 0.05) is 26.4 Å². The van der Waals surface area contributed by atoms with Crippen molar-refractivity contribution in [3.63, 3.8) is 0 Å². The number of para-hydroxylation sites is 2. The summed E-state index contributed by atoms with van der Waals surface area (Å²) in [5.41, 5.74) is 2.19. The molecule has 1 amide bonds. The SMILES string of the molecule is CNCCCC(=O)NCCCc1nc2ccccc2n1C. The lowest BCUT2D eigenvalue weighted by molar-refractivity contribution is -0.121. The molecule has 21 heavy (non-hydrogen) atoms. The van der Waals surface area contributed by atoms with Crippen molar-refractivity contribution in [2.75, 3.05) is 20.1 Å². The Morgan fingerprint density at radius 2 is 2.05 bits per heavy atom. The third-order valence-electron chi connectivity index (χ3n) is 3.61. The normalized spacial score (nSPS) is 11.0. The molecule has 0 aliphatic carbocycles. The van der Waals surface area contributed by atoms with E-state index in [9.17, 15) is 4.79 Å². The van der Waals surface area contributed by atoms with Gasteiger partial charge in [0.25, 0.3) is 0 Å². The maximum absolute atomic E-state index is 11.6. The van der Waals surface area contributed by atoms with Crippen LogP contribution in [0, 0.1) is 0 Å². The monoisotopic (exact) mass is 288 g/mol. The smallest absolute Gasteiger partial charge is 0.220 e. The molecule has 0 atom stereocenters. The van der Waals surface area contributed by atoms with Crippen LogP contribution >= 0.6 is 0 Å². The molecule has 0 fully saturated rings. The zero-order valence-electron chi connectivity index (χ0n) is 12.9. The standard InChI is InChI=1S/C16H24N4O/c1-17-11-6-10-16(21)18-12-5-9-15-19-13-7-3-4-8-14(13)20(15)2/h3-4,7-8,17H,5-6,9-12H2,1-2H3,(H,18,21). The lowest BCUT2D eigenvalue weighted by Crippen LogP contribution is -2.25. The van der Waals surface area contributed by atoms with Gasteiger partial charge in [-0.3, -0.25) is 4.79 Å². The van der Waals surface area contributed by atoms with Crippen molar-refractivity contribution in [3.8, 4) is 0 Å². The summed E-state index contributed by atoms with van der Waals surface area (Å²) < 4.78 is 2.13. The number of nitrogens with zero attached hydrogens (tertiary/aromatic N) is 2. The van der Waals surface area contributed by atoms with E-state index in [0.717, 1.165) is 42.7 Å². The lowest BCUT2D eigenvalue weighted by atomic mass is 10.2. The minimum absolute atomic E-state index is 0.134. The van der Waals surface area contributed by atoms with E-state index in [4.69, 9.17) is 0 Å². The Morgan fingerprint density at radius 1 is 1.24 bits per heavy atom. The van der Waals surface area contributed by atoms with Gasteiger partial charge in [0.05, 0.1) is 11.0 Å². The molecule has 0 aliphatic rings. The largest absolute Gasteiger partial charge is 0.356 e. The topological polar surface area (TPSA) is 59.0 Å². The molecule has 5 nitrogen and oxygen atoms in total. The first-order chi connectivity index (χ1) is 10.2. The number of aryl methyl sites for hydroxylation is 2. The maximum Gasteiger partial charge on any atom is 0.220 e. The minimum Gasteiger partial charge on any atom is -0.356 e. The highest BCUT2D eigenvalue weighted by Gasteiger charge is 2.07. The number of carbonyl (C=O) groups is 1. The molecule has 0 unspecified atom stereocenters. The molecule has 1 aromatic carbocycles. The molecular weight excluding hydrogens is 264 g/mol. The molecule has 0 aliphatic heterocycles. The summed E-state index contributed by atoms with van der Waals surface area (Å²) in [6.45, 7) is 1.59. The van der Waals surface area contributed by atoms with Crippen molar-refractivity contribution in [1.29, 1.82) is 0 Å². The van der Waals surface area contributed by atoms with Gasteiger partial charge in [-0.1, -0.05) is 12.1 Å². The van der Waals surface area contributed by atoms with E-state index in [1.807, 2.05) is 32.3 Å². The first kappa shape index (κ1) is 15.5. The Kier molecular flexibility index (Phi) is 5.75. The van der Waals surface area contributed by atoms with Gasteiger partial charge in [0.1, 0.15) is 5.82 Å². The van der Waals surface area contributed by atoms with Crippen LogP contribution in [0.5, 0.6) is 0 Å². The van der Waals surface area contributed by atoms with Gasteiger partial charge in [-0.05, 0) is 38.6 Å². The average molecular weight is 288 g/mol. The van der Waals surface area contributed by atoms with Crippen LogP contribution in [0.25, 0.3) is 11.0 Å². The number of rotatable bonds is 8. The number of nitrogens with one attached hydrogen (secondary N) is 2. The number of benzene rings is 1. The Hall–Kier alpha value is -1.88. The zero-order chi connectivity index (χ0) is 15.1. The molecule has 0 bridgehead atoms. The van der Waals surface area contributed by atoms with E-state index < -0.39 is 0 Å². The van der Waals surface area contributed by atoms with Gasteiger partial charge in [-0.25, -0.2) is 4.98 Å². The van der Waals surface area contributed by atoms with Crippen LogP contribution in [0.4, 0.5) is 0 Å². The van der Waals surface area contributed by atoms with E-state index >= 15 is 0 Å². The second-order valence-electron chi connectivity index (χ2n) is 5.24. The molecule has 114 valence electrons. The summed E-state index contributed by atoms with van der Waals surface area (Å²) in [5.74, 6) is 1.20. The molecule has 1 heterocycles. The molecule has 0 saturated carbocycles. The van der Waals surface area contributed by atoms with Crippen molar-refractivity contribution in [1.82, 2.24) is 20.2 Å². The van der Waals surface area contributed by atoms with E-state index in [1.54, 1.807) is 0 Å². The lowest BCUT2D eigenvalue weighted by Gasteiger charge is -2.05. The third-order valence-corrected chi connectivity index (χ3v) is 3.61. The Balaban J connectivity index is 1.75. The van der Waals surface area contributed by atoms with E-state index in [2.05, 4.69) is 26.3 Å². The van der Waals surface area contributed by atoms with Crippen LogP contribution in [0.1, 0.15) is 25.1 Å². The molecule has 2 N–H and O–H groups in total. The number of carbonyl (C=O) groups excluding carboxylic acids is 1. The van der Waals surface area contributed by atoms with Gasteiger partial charge in [-0.2, -0.15) is 0 Å². The summed E-state index contributed by atoms with van der Waals surface area (Å²) in [7, 11) is 3.94. The predicted octanol–water partition coefficient (Wildman–Crippen LogP) is 1.62. The molecule has 0 spiro atoms. The number of fused-ring (bicyclic) bond motifs is 1. The molecule has 5 heteroatoms. The summed E-state index contributed by atoms with van der Waals surface area (Å²) in [6.07, 6.45) is 3.26. The Morgan fingerprint density at radius 3 is 2.81 bits per heavy atom.